The highest BCUT2D eigenvalue weighted by Crippen LogP contribution is 2.46. The first-order chi connectivity index (χ1) is 19.9. The minimum atomic E-state index is -4.34. The lowest BCUT2D eigenvalue weighted by Crippen LogP contribution is -2.48. The second kappa shape index (κ2) is 13.5. The van der Waals surface area contributed by atoms with Crippen molar-refractivity contribution in [1.29, 1.82) is 0 Å². The monoisotopic (exact) mass is 676 g/mol. The molecule has 1 N–H and O–H groups in total. The molecule has 42 heavy (non-hydrogen) atoms. The van der Waals surface area contributed by atoms with Gasteiger partial charge in [0.1, 0.15) is 11.9 Å². The third kappa shape index (κ3) is 7.11. The summed E-state index contributed by atoms with van der Waals surface area (Å²) < 4.78 is 49.7. The molecule has 0 radical (unpaired) electrons. The van der Waals surface area contributed by atoms with Gasteiger partial charge < -0.3 is 10.1 Å². The molecule has 0 fully saturated rings. The van der Waals surface area contributed by atoms with Crippen molar-refractivity contribution in [2.24, 2.45) is 5.92 Å². The number of esters is 1. The predicted molar refractivity (Wildman–Crippen MR) is 163 cm³/mol. The summed E-state index contributed by atoms with van der Waals surface area (Å²) in [5.74, 6) is -1.73. The van der Waals surface area contributed by atoms with E-state index in [1.54, 1.807) is 36.4 Å². The molecule has 222 valence electrons. The number of carbonyl (C=O) groups is 2. The van der Waals surface area contributed by atoms with Gasteiger partial charge in [0.2, 0.25) is 15.9 Å². The standard InChI is InChI=1S/C31H31BrClFN2O5S/c1-19(2)16-27(31(38)41-3)35-30(37)26-14-15-28(20-6-4-8-22(32)17-20)36(29(26)21-7-5-9-23(33)18-21)42(39,40)25-12-10-24(34)11-13-25/h4-14,17-19,27-29H,15-16H2,1-3H3,(H,35,37)/t27-,28-,29-/m0/s1. The third-order valence-corrected chi connectivity index (χ3v) is 9.58. The summed E-state index contributed by atoms with van der Waals surface area (Å²) in [6.07, 6.45) is 2.18. The Hall–Kier alpha value is -3.05. The van der Waals surface area contributed by atoms with Crippen molar-refractivity contribution in [2.45, 2.75) is 49.7 Å². The van der Waals surface area contributed by atoms with Crippen LogP contribution < -0.4 is 5.32 Å². The van der Waals surface area contributed by atoms with E-state index in [-0.39, 0.29) is 22.8 Å². The summed E-state index contributed by atoms with van der Waals surface area (Å²) in [5, 5.41) is 3.12. The number of halogens is 3. The highest BCUT2D eigenvalue weighted by Gasteiger charge is 2.45. The number of methoxy groups -OCH3 is 1. The SMILES string of the molecule is COC(=O)[C@H](CC(C)C)NC(=O)C1=CC[C@@H](c2cccc(Br)c2)N(S(=O)(=O)c2ccc(F)cc2)[C@H]1c1cccc(Cl)c1. The Morgan fingerprint density at radius 2 is 1.74 bits per heavy atom. The van der Waals surface area contributed by atoms with Crippen molar-refractivity contribution in [3.63, 3.8) is 0 Å². The van der Waals surface area contributed by atoms with Gasteiger partial charge in [-0.1, -0.05) is 71.7 Å². The van der Waals surface area contributed by atoms with Crippen LogP contribution in [-0.4, -0.2) is 37.8 Å². The molecule has 7 nitrogen and oxygen atoms in total. The second-order valence-electron chi connectivity index (χ2n) is 10.4. The molecule has 0 unspecified atom stereocenters. The van der Waals surface area contributed by atoms with Crippen LogP contribution in [-0.2, 0) is 24.3 Å². The zero-order valence-electron chi connectivity index (χ0n) is 23.3. The molecule has 1 aliphatic heterocycles. The molecule has 0 saturated carbocycles. The van der Waals surface area contributed by atoms with Crippen LogP contribution in [0.2, 0.25) is 5.02 Å². The van der Waals surface area contributed by atoms with Crippen LogP contribution in [0.15, 0.2) is 93.8 Å². The molecule has 0 aliphatic carbocycles. The second-order valence-corrected chi connectivity index (χ2v) is 13.6. The van der Waals surface area contributed by atoms with Crippen molar-refractivity contribution in [1.82, 2.24) is 9.62 Å². The Bertz CT molecular complexity index is 1600. The molecule has 0 aromatic heterocycles. The van der Waals surface area contributed by atoms with E-state index in [1.807, 2.05) is 32.0 Å². The number of carbonyl (C=O) groups excluding carboxylic acids is 2. The summed E-state index contributed by atoms with van der Waals surface area (Å²) in [6.45, 7) is 3.83. The quantitative estimate of drug-likeness (QED) is 0.253. The lowest BCUT2D eigenvalue weighted by molar-refractivity contribution is -0.145. The Balaban J connectivity index is 1.92. The summed E-state index contributed by atoms with van der Waals surface area (Å²) in [7, 11) is -3.09. The topological polar surface area (TPSA) is 92.8 Å². The first-order valence-corrected chi connectivity index (χ1v) is 15.9. The average molecular weight is 678 g/mol. The van der Waals surface area contributed by atoms with E-state index in [9.17, 15) is 22.4 Å². The van der Waals surface area contributed by atoms with Crippen LogP contribution in [0.1, 0.15) is 49.9 Å². The van der Waals surface area contributed by atoms with Gasteiger partial charge in [0.25, 0.3) is 0 Å². The van der Waals surface area contributed by atoms with E-state index >= 15 is 0 Å². The number of hydrogen-bond donors (Lipinski definition) is 1. The number of benzene rings is 3. The van der Waals surface area contributed by atoms with E-state index in [4.69, 9.17) is 16.3 Å². The minimum absolute atomic E-state index is 0.0646. The zero-order valence-corrected chi connectivity index (χ0v) is 26.4. The molecular formula is C31H31BrClFN2O5S. The van der Waals surface area contributed by atoms with Gasteiger partial charge >= 0.3 is 5.97 Å². The molecule has 1 heterocycles. The maximum absolute atomic E-state index is 14.5. The van der Waals surface area contributed by atoms with Crippen LogP contribution in [0.4, 0.5) is 4.39 Å². The fraction of sp³-hybridized carbons (Fsp3) is 0.290. The smallest absolute Gasteiger partial charge is 0.328 e. The first-order valence-electron chi connectivity index (χ1n) is 13.3. The number of hydrogen-bond acceptors (Lipinski definition) is 5. The fourth-order valence-electron chi connectivity index (χ4n) is 5.09. The number of rotatable bonds is 9. The molecule has 0 bridgehead atoms. The third-order valence-electron chi connectivity index (χ3n) is 6.96. The molecule has 0 saturated heterocycles. The maximum Gasteiger partial charge on any atom is 0.328 e. The van der Waals surface area contributed by atoms with Crippen LogP contribution in [0.5, 0.6) is 0 Å². The number of sulfonamides is 1. The number of nitrogens with zero attached hydrogens (tertiary/aromatic N) is 1. The lowest BCUT2D eigenvalue weighted by atomic mass is 9.88. The Morgan fingerprint density at radius 1 is 1.07 bits per heavy atom. The molecule has 3 aromatic rings. The van der Waals surface area contributed by atoms with Gasteiger partial charge in [-0.2, -0.15) is 4.31 Å². The molecule has 1 aliphatic rings. The summed E-state index contributed by atoms with van der Waals surface area (Å²) in [5.41, 5.74) is 1.27. The van der Waals surface area contributed by atoms with Crippen LogP contribution in [0.3, 0.4) is 0 Å². The Labute approximate surface area is 258 Å². The average Bonchev–Trinajstić information content (AvgIpc) is 2.95. The van der Waals surface area contributed by atoms with E-state index in [1.165, 1.54) is 23.5 Å². The molecule has 3 atom stereocenters. The van der Waals surface area contributed by atoms with Gasteiger partial charge in [-0.15, -0.1) is 0 Å². The van der Waals surface area contributed by atoms with Gasteiger partial charge in [-0.3, -0.25) is 4.79 Å². The van der Waals surface area contributed by atoms with E-state index in [0.29, 0.717) is 22.6 Å². The molecule has 0 spiro atoms. The molecule has 1 amide bonds. The molecule has 3 aromatic carbocycles. The minimum Gasteiger partial charge on any atom is -0.467 e. The van der Waals surface area contributed by atoms with Gasteiger partial charge in [-0.05, 0) is 78.4 Å². The lowest BCUT2D eigenvalue weighted by Gasteiger charge is -2.41. The van der Waals surface area contributed by atoms with Gasteiger partial charge in [0.05, 0.1) is 24.1 Å². The van der Waals surface area contributed by atoms with Crippen molar-refractivity contribution in [2.75, 3.05) is 7.11 Å². The Morgan fingerprint density at radius 3 is 2.36 bits per heavy atom. The first kappa shape index (κ1) is 31.9. The molecule has 4 rings (SSSR count). The van der Waals surface area contributed by atoms with Crippen molar-refractivity contribution < 1.29 is 27.1 Å². The van der Waals surface area contributed by atoms with Gasteiger partial charge in [-0.25, -0.2) is 17.6 Å². The fourth-order valence-corrected chi connectivity index (χ4v) is 7.49. The van der Waals surface area contributed by atoms with Crippen LogP contribution >= 0.6 is 27.5 Å². The van der Waals surface area contributed by atoms with Crippen molar-refractivity contribution in [3.05, 3.63) is 111 Å². The zero-order chi connectivity index (χ0) is 30.6. The van der Waals surface area contributed by atoms with E-state index in [0.717, 1.165) is 16.6 Å². The Kier molecular flexibility index (Phi) is 10.2. The predicted octanol–water partition coefficient (Wildman–Crippen LogP) is 6.75. The largest absolute Gasteiger partial charge is 0.467 e. The van der Waals surface area contributed by atoms with E-state index < -0.39 is 45.8 Å². The number of amides is 1. The highest BCUT2D eigenvalue weighted by atomic mass is 79.9. The van der Waals surface area contributed by atoms with Crippen molar-refractivity contribution in [3.8, 4) is 0 Å². The summed E-state index contributed by atoms with van der Waals surface area (Å²) in [6, 6.07) is 15.7. The highest BCUT2D eigenvalue weighted by molar-refractivity contribution is 9.10. The van der Waals surface area contributed by atoms with Crippen molar-refractivity contribution >= 4 is 49.4 Å². The normalized spacial score (nSPS) is 18.3. The van der Waals surface area contributed by atoms with Gasteiger partial charge in [0.15, 0.2) is 0 Å². The number of ether oxygens (including phenoxy) is 1. The van der Waals surface area contributed by atoms with E-state index in [2.05, 4.69) is 21.2 Å². The molecule has 11 heteroatoms. The summed E-state index contributed by atoms with van der Waals surface area (Å²) in [4.78, 5) is 26.3. The molecular weight excluding hydrogens is 647 g/mol. The van der Waals surface area contributed by atoms with Gasteiger partial charge in [0, 0.05) is 15.1 Å². The van der Waals surface area contributed by atoms with Crippen LogP contribution in [0, 0.1) is 11.7 Å². The van der Waals surface area contributed by atoms with Crippen LogP contribution in [0.25, 0.3) is 0 Å². The maximum atomic E-state index is 14.5. The summed E-state index contributed by atoms with van der Waals surface area (Å²) >= 11 is 9.84. The number of nitrogens with one attached hydrogen (secondary N) is 1.